The van der Waals surface area contributed by atoms with Gasteiger partial charge >= 0.3 is 11.7 Å². The number of barbiturate groups is 1. The molecule has 0 atom stereocenters. The minimum atomic E-state index is -0.964. The third kappa shape index (κ3) is 5.47. The first kappa shape index (κ1) is 27.0. The summed E-state index contributed by atoms with van der Waals surface area (Å²) in [6, 6.07) is 10.0. The van der Waals surface area contributed by atoms with E-state index < -0.39 is 39.1 Å². The van der Waals surface area contributed by atoms with Gasteiger partial charge in [-0.25, -0.2) is 9.69 Å². The summed E-state index contributed by atoms with van der Waals surface area (Å²) in [4.78, 5) is 59.6. The van der Waals surface area contributed by atoms with E-state index in [1.54, 1.807) is 0 Å². The predicted octanol–water partition coefficient (Wildman–Crippen LogP) is 4.28. The number of hydrogen-bond acceptors (Lipinski definition) is 10. The number of aromatic hydroxyl groups is 1. The summed E-state index contributed by atoms with van der Waals surface area (Å²) in [7, 11) is 1.29. The van der Waals surface area contributed by atoms with Crippen molar-refractivity contribution in [2.45, 2.75) is 0 Å². The van der Waals surface area contributed by atoms with Gasteiger partial charge in [0.05, 0.1) is 32.3 Å². The number of phenols is 1. The molecule has 2 N–H and O–H groups in total. The highest BCUT2D eigenvalue weighted by atomic mass is 127. The van der Waals surface area contributed by atoms with Gasteiger partial charge < -0.3 is 14.6 Å². The lowest BCUT2D eigenvalue weighted by molar-refractivity contribution is -0.394. The molecule has 1 heterocycles. The molecule has 0 unspecified atom stereocenters. The highest BCUT2D eigenvalue weighted by Crippen LogP contribution is 2.41. The van der Waals surface area contributed by atoms with Crippen molar-refractivity contribution in [2.24, 2.45) is 0 Å². The number of carbonyl (C=O) groups is 3. The van der Waals surface area contributed by atoms with E-state index in [0.717, 1.165) is 23.1 Å². The molecule has 14 nitrogen and oxygen atoms in total. The number of urea groups is 1. The van der Waals surface area contributed by atoms with Crippen molar-refractivity contribution in [3.63, 3.8) is 0 Å². The number of amides is 4. The SMILES string of the molecule is COc1cc(/C=C2\C(=O)NC(=O)N(c3ccc(O)cc3)C2=O)cc(I)c1Oc1ccc([N+](=O)[O-])cc1[N+](=O)[O-]. The zero-order valence-corrected chi connectivity index (χ0v) is 21.8. The second-order valence-corrected chi connectivity index (χ2v) is 8.94. The van der Waals surface area contributed by atoms with Gasteiger partial charge in [-0.1, -0.05) is 0 Å². The molecule has 0 radical (unpaired) electrons. The number of nitrogens with one attached hydrogen (secondary N) is 1. The molecule has 0 aliphatic carbocycles. The van der Waals surface area contributed by atoms with E-state index in [9.17, 15) is 39.7 Å². The summed E-state index contributed by atoms with van der Waals surface area (Å²) in [5, 5.41) is 34.1. The number of ether oxygens (including phenoxy) is 2. The zero-order chi connectivity index (χ0) is 28.4. The Kier molecular flexibility index (Phi) is 7.43. The maximum Gasteiger partial charge on any atom is 0.335 e. The molecular formula is C24H15IN4O10. The molecule has 4 amide bonds. The van der Waals surface area contributed by atoms with Crippen LogP contribution in [0.3, 0.4) is 0 Å². The first-order valence-corrected chi connectivity index (χ1v) is 11.8. The average molecular weight is 646 g/mol. The molecule has 198 valence electrons. The first-order chi connectivity index (χ1) is 18.5. The molecule has 0 bridgehead atoms. The van der Waals surface area contributed by atoms with Gasteiger partial charge in [-0.15, -0.1) is 0 Å². The normalized spacial score (nSPS) is 14.3. The highest BCUT2D eigenvalue weighted by molar-refractivity contribution is 14.1. The number of imide groups is 2. The molecule has 0 aromatic heterocycles. The van der Waals surface area contributed by atoms with Gasteiger partial charge in [0.1, 0.15) is 11.3 Å². The van der Waals surface area contributed by atoms with Crippen molar-refractivity contribution in [3.05, 3.63) is 89.5 Å². The monoisotopic (exact) mass is 646 g/mol. The Morgan fingerprint density at radius 1 is 0.974 bits per heavy atom. The topological polar surface area (TPSA) is 191 Å². The fourth-order valence-electron chi connectivity index (χ4n) is 3.54. The number of nitro benzene ring substituents is 2. The average Bonchev–Trinajstić information content (AvgIpc) is 2.88. The molecule has 1 aliphatic heterocycles. The summed E-state index contributed by atoms with van der Waals surface area (Å²) >= 11 is 1.85. The number of phenolic OH excluding ortho intramolecular Hbond substituents is 1. The molecule has 0 saturated carbocycles. The van der Waals surface area contributed by atoms with Gasteiger partial charge in [-0.3, -0.25) is 35.1 Å². The van der Waals surface area contributed by atoms with Crippen molar-refractivity contribution in [1.82, 2.24) is 5.32 Å². The second-order valence-electron chi connectivity index (χ2n) is 7.78. The quantitative estimate of drug-likeness (QED) is 0.123. The van der Waals surface area contributed by atoms with Crippen molar-refractivity contribution >= 4 is 63.6 Å². The van der Waals surface area contributed by atoms with Gasteiger partial charge in [0.25, 0.3) is 17.5 Å². The third-order valence-electron chi connectivity index (χ3n) is 5.33. The van der Waals surface area contributed by atoms with Gasteiger partial charge in [0.2, 0.25) is 5.75 Å². The zero-order valence-electron chi connectivity index (χ0n) is 19.6. The standard InChI is InChI=1S/C24H15IN4O10/c1-38-20-10-12(8-16-22(31)26-24(33)27(23(16)32)13-2-5-15(30)6-3-13)9-17(25)21(20)39-19-7-4-14(28(34)35)11-18(19)29(36)37/h2-11,30H,1H3,(H,26,31,33)/b16-8+. The van der Waals surface area contributed by atoms with E-state index >= 15 is 0 Å². The molecule has 1 fully saturated rings. The lowest BCUT2D eigenvalue weighted by atomic mass is 10.1. The van der Waals surface area contributed by atoms with Crippen LogP contribution in [-0.2, 0) is 9.59 Å². The number of rotatable bonds is 7. The Bertz CT molecular complexity index is 1590. The number of non-ortho nitro benzene ring substituents is 1. The van der Waals surface area contributed by atoms with E-state index in [0.29, 0.717) is 9.13 Å². The molecule has 1 saturated heterocycles. The third-order valence-corrected chi connectivity index (χ3v) is 6.14. The summed E-state index contributed by atoms with van der Waals surface area (Å²) in [5.41, 5.74) is -1.10. The number of methoxy groups -OCH3 is 1. The second kappa shape index (κ2) is 10.7. The van der Waals surface area contributed by atoms with Crippen LogP contribution in [0.5, 0.6) is 23.0 Å². The molecule has 39 heavy (non-hydrogen) atoms. The van der Waals surface area contributed by atoms with Crippen LogP contribution in [0.15, 0.2) is 60.2 Å². The Morgan fingerprint density at radius 3 is 2.28 bits per heavy atom. The van der Waals surface area contributed by atoms with E-state index in [2.05, 4.69) is 5.32 Å². The van der Waals surface area contributed by atoms with Crippen LogP contribution in [0.25, 0.3) is 6.08 Å². The number of benzene rings is 3. The maximum atomic E-state index is 13.1. The Balaban J connectivity index is 1.71. The number of halogens is 1. The van der Waals surface area contributed by atoms with E-state index in [1.165, 1.54) is 49.6 Å². The van der Waals surface area contributed by atoms with E-state index in [4.69, 9.17) is 9.47 Å². The molecule has 3 aromatic rings. The van der Waals surface area contributed by atoms with Crippen molar-refractivity contribution < 1.29 is 38.8 Å². The maximum absolute atomic E-state index is 13.1. The number of anilines is 1. The van der Waals surface area contributed by atoms with Crippen LogP contribution in [0.2, 0.25) is 0 Å². The molecule has 3 aromatic carbocycles. The highest BCUT2D eigenvalue weighted by Gasteiger charge is 2.37. The molecule has 4 rings (SSSR count). The molecule has 1 aliphatic rings. The minimum absolute atomic E-state index is 0.0394. The van der Waals surface area contributed by atoms with Gasteiger partial charge in [-0.05, 0) is 76.7 Å². The number of hydrogen-bond donors (Lipinski definition) is 2. The van der Waals surface area contributed by atoms with E-state index in [1.807, 2.05) is 22.6 Å². The molecule has 0 spiro atoms. The number of carbonyl (C=O) groups excluding carboxylic acids is 3. The fourth-order valence-corrected chi connectivity index (χ4v) is 4.28. The van der Waals surface area contributed by atoms with Crippen LogP contribution in [-0.4, -0.2) is 39.9 Å². The van der Waals surface area contributed by atoms with Crippen LogP contribution in [0, 0.1) is 23.8 Å². The number of nitrogens with zero attached hydrogens (tertiary/aromatic N) is 3. The largest absolute Gasteiger partial charge is 0.508 e. The fraction of sp³-hybridized carbons (Fsp3) is 0.0417. The van der Waals surface area contributed by atoms with Crippen LogP contribution in [0.1, 0.15) is 5.56 Å². The predicted molar refractivity (Wildman–Crippen MR) is 143 cm³/mol. The van der Waals surface area contributed by atoms with Gasteiger partial charge in [0, 0.05) is 6.07 Å². The van der Waals surface area contributed by atoms with E-state index in [-0.39, 0.29) is 34.3 Å². The van der Waals surface area contributed by atoms with Crippen LogP contribution in [0.4, 0.5) is 21.9 Å². The Morgan fingerprint density at radius 2 is 1.67 bits per heavy atom. The van der Waals surface area contributed by atoms with Crippen molar-refractivity contribution in [3.8, 4) is 23.0 Å². The smallest absolute Gasteiger partial charge is 0.335 e. The Hall–Kier alpha value is -5.06. The van der Waals surface area contributed by atoms with Crippen LogP contribution >= 0.6 is 22.6 Å². The van der Waals surface area contributed by atoms with Gasteiger partial charge in [-0.2, -0.15) is 0 Å². The summed E-state index contributed by atoms with van der Waals surface area (Å²) in [6.07, 6.45) is 1.22. The van der Waals surface area contributed by atoms with Crippen molar-refractivity contribution in [1.29, 1.82) is 0 Å². The number of nitro groups is 2. The Labute approximate surface area is 231 Å². The van der Waals surface area contributed by atoms with Crippen LogP contribution < -0.4 is 19.7 Å². The summed E-state index contributed by atoms with van der Waals surface area (Å²) in [5.74, 6) is -2.11. The summed E-state index contributed by atoms with van der Waals surface area (Å²) < 4.78 is 11.4. The summed E-state index contributed by atoms with van der Waals surface area (Å²) in [6.45, 7) is 0. The molecule has 15 heteroatoms. The first-order valence-electron chi connectivity index (χ1n) is 10.7. The minimum Gasteiger partial charge on any atom is -0.508 e. The van der Waals surface area contributed by atoms with Crippen molar-refractivity contribution in [2.75, 3.05) is 12.0 Å². The lowest BCUT2D eigenvalue weighted by Gasteiger charge is -2.26. The van der Waals surface area contributed by atoms with Gasteiger partial charge in [0.15, 0.2) is 11.5 Å². The molecular weight excluding hydrogens is 631 g/mol. The lowest BCUT2D eigenvalue weighted by Crippen LogP contribution is -2.54.